The van der Waals surface area contributed by atoms with Gasteiger partial charge in [-0.2, -0.15) is 12.6 Å². The van der Waals surface area contributed by atoms with Crippen molar-refractivity contribution in [2.24, 2.45) is 0 Å². The molecule has 2 rings (SSSR count). The minimum atomic E-state index is 0.278. The first-order valence-corrected chi connectivity index (χ1v) is 6.01. The molecule has 0 aromatic heterocycles. The molecule has 0 fully saturated rings. The lowest BCUT2D eigenvalue weighted by atomic mass is 10.0. The van der Waals surface area contributed by atoms with E-state index in [1.165, 1.54) is 0 Å². The van der Waals surface area contributed by atoms with Crippen LogP contribution in [0.2, 0.25) is 0 Å². The van der Waals surface area contributed by atoms with Crippen molar-refractivity contribution in [1.29, 1.82) is 0 Å². The number of hydrogen-bond donors (Lipinski definition) is 2. The number of hydrogen-bond acceptors (Lipinski definition) is 3. The fourth-order valence-corrected chi connectivity index (χ4v) is 1.81. The number of para-hydroxylation sites is 1. The average Bonchev–Trinajstić information content (AvgIpc) is 2.39. The molecule has 88 valence electrons. The number of thiol groups is 1. The molecule has 0 radical (unpaired) electrons. The molecular weight excluding hydrogens is 232 g/mol. The van der Waals surface area contributed by atoms with Crippen LogP contribution < -0.4 is 0 Å². The summed E-state index contributed by atoms with van der Waals surface area (Å²) in [5, 5.41) is 10.2. The Balaban J connectivity index is 2.36. The second-order valence-corrected chi connectivity index (χ2v) is 3.92. The SMILES string of the molecule is Oc1c(COCS)cccc1-c1ccccc1. The first kappa shape index (κ1) is 12.0. The van der Waals surface area contributed by atoms with E-state index in [9.17, 15) is 5.11 Å². The highest BCUT2D eigenvalue weighted by Crippen LogP contribution is 2.32. The van der Waals surface area contributed by atoms with Gasteiger partial charge < -0.3 is 9.84 Å². The predicted octanol–water partition coefficient (Wildman–Crippen LogP) is 3.46. The molecule has 0 saturated carbocycles. The van der Waals surface area contributed by atoms with Gasteiger partial charge in [0.05, 0.1) is 12.5 Å². The van der Waals surface area contributed by atoms with Crippen molar-refractivity contribution in [2.45, 2.75) is 6.61 Å². The summed E-state index contributed by atoms with van der Waals surface area (Å²) in [7, 11) is 0. The van der Waals surface area contributed by atoms with Gasteiger partial charge >= 0.3 is 0 Å². The largest absolute Gasteiger partial charge is 0.507 e. The van der Waals surface area contributed by atoms with Gasteiger partial charge in [-0.15, -0.1) is 0 Å². The summed E-state index contributed by atoms with van der Waals surface area (Å²) in [6.07, 6.45) is 0. The normalized spacial score (nSPS) is 10.4. The van der Waals surface area contributed by atoms with E-state index in [-0.39, 0.29) is 5.75 Å². The molecular formula is C14H14O2S. The molecule has 0 heterocycles. The molecule has 3 heteroatoms. The van der Waals surface area contributed by atoms with Crippen molar-refractivity contribution in [1.82, 2.24) is 0 Å². The van der Waals surface area contributed by atoms with E-state index in [0.29, 0.717) is 12.5 Å². The lowest BCUT2D eigenvalue weighted by Crippen LogP contribution is -1.92. The molecule has 17 heavy (non-hydrogen) atoms. The van der Waals surface area contributed by atoms with Gasteiger partial charge in [-0.05, 0) is 5.56 Å². The summed E-state index contributed by atoms with van der Waals surface area (Å²) in [4.78, 5) is 0. The van der Waals surface area contributed by atoms with E-state index in [1.807, 2.05) is 48.5 Å². The van der Waals surface area contributed by atoms with Crippen molar-refractivity contribution in [2.75, 3.05) is 5.94 Å². The summed E-state index contributed by atoms with van der Waals surface area (Å²) >= 11 is 3.98. The van der Waals surface area contributed by atoms with Crippen LogP contribution in [0.25, 0.3) is 11.1 Å². The molecule has 0 aliphatic heterocycles. The second kappa shape index (κ2) is 5.75. The Morgan fingerprint density at radius 3 is 2.47 bits per heavy atom. The van der Waals surface area contributed by atoms with Crippen molar-refractivity contribution in [3.8, 4) is 16.9 Å². The van der Waals surface area contributed by atoms with Crippen LogP contribution in [-0.4, -0.2) is 11.0 Å². The first-order valence-electron chi connectivity index (χ1n) is 5.38. The fourth-order valence-electron chi connectivity index (χ4n) is 1.71. The monoisotopic (exact) mass is 246 g/mol. The predicted molar refractivity (Wildman–Crippen MR) is 72.2 cm³/mol. The van der Waals surface area contributed by atoms with E-state index >= 15 is 0 Å². The maximum Gasteiger partial charge on any atom is 0.128 e. The zero-order valence-corrected chi connectivity index (χ0v) is 10.2. The van der Waals surface area contributed by atoms with Crippen molar-refractivity contribution < 1.29 is 9.84 Å². The van der Waals surface area contributed by atoms with Gasteiger partial charge in [0.25, 0.3) is 0 Å². The zero-order chi connectivity index (χ0) is 12.1. The molecule has 2 nitrogen and oxygen atoms in total. The van der Waals surface area contributed by atoms with Crippen LogP contribution in [-0.2, 0) is 11.3 Å². The second-order valence-electron chi connectivity index (χ2n) is 3.66. The number of aromatic hydroxyl groups is 1. The van der Waals surface area contributed by atoms with Crippen LogP contribution in [0.5, 0.6) is 5.75 Å². The molecule has 0 aliphatic rings. The van der Waals surface area contributed by atoms with Crippen LogP contribution in [0.1, 0.15) is 5.56 Å². The highest BCUT2D eigenvalue weighted by atomic mass is 32.1. The third kappa shape index (κ3) is 2.81. The smallest absolute Gasteiger partial charge is 0.128 e. The van der Waals surface area contributed by atoms with Crippen molar-refractivity contribution >= 4 is 12.6 Å². The third-order valence-corrected chi connectivity index (χ3v) is 2.74. The van der Waals surface area contributed by atoms with Crippen LogP contribution in [0.15, 0.2) is 48.5 Å². The quantitative estimate of drug-likeness (QED) is 0.639. The molecule has 0 unspecified atom stereocenters. The molecule has 2 aromatic rings. The van der Waals surface area contributed by atoms with Gasteiger partial charge in [-0.3, -0.25) is 0 Å². The standard InChI is InChI=1S/C14H14O2S/c15-14-12(9-16-10-17)7-4-8-13(14)11-5-2-1-3-6-11/h1-8,15,17H,9-10H2. The molecule has 2 aromatic carbocycles. The van der Waals surface area contributed by atoms with E-state index in [2.05, 4.69) is 12.6 Å². The number of benzene rings is 2. The van der Waals surface area contributed by atoms with E-state index in [0.717, 1.165) is 16.7 Å². The van der Waals surface area contributed by atoms with Crippen LogP contribution in [0, 0.1) is 0 Å². The Morgan fingerprint density at radius 2 is 1.76 bits per heavy atom. The lowest BCUT2D eigenvalue weighted by Gasteiger charge is -2.09. The summed E-state index contributed by atoms with van der Waals surface area (Å²) < 4.78 is 5.20. The number of phenols is 1. The molecule has 0 saturated heterocycles. The van der Waals surface area contributed by atoms with E-state index in [1.54, 1.807) is 0 Å². The minimum Gasteiger partial charge on any atom is -0.507 e. The summed E-state index contributed by atoms with van der Waals surface area (Å²) in [5.74, 6) is 0.620. The van der Waals surface area contributed by atoms with Crippen LogP contribution >= 0.6 is 12.6 Å². The summed E-state index contributed by atoms with van der Waals surface area (Å²) in [6, 6.07) is 15.5. The average molecular weight is 246 g/mol. The lowest BCUT2D eigenvalue weighted by molar-refractivity contribution is 0.167. The molecule has 0 amide bonds. The maximum atomic E-state index is 10.2. The van der Waals surface area contributed by atoms with Crippen molar-refractivity contribution in [3.05, 3.63) is 54.1 Å². The van der Waals surface area contributed by atoms with Gasteiger partial charge in [0.15, 0.2) is 0 Å². The first-order chi connectivity index (χ1) is 8.33. The molecule has 0 atom stereocenters. The van der Waals surface area contributed by atoms with Gasteiger partial charge in [-0.1, -0.05) is 48.5 Å². The molecule has 1 N–H and O–H groups in total. The molecule has 0 bridgehead atoms. The highest BCUT2D eigenvalue weighted by Gasteiger charge is 2.08. The van der Waals surface area contributed by atoms with Gasteiger partial charge in [-0.25, -0.2) is 0 Å². The Kier molecular flexibility index (Phi) is 4.07. The molecule has 0 aliphatic carbocycles. The fraction of sp³-hybridized carbons (Fsp3) is 0.143. The Morgan fingerprint density at radius 1 is 1.00 bits per heavy atom. The van der Waals surface area contributed by atoms with Gasteiger partial charge in [0.1, 0.15) is 5.75 Å². The van der Waals surface area contributed by atoms with Gasteiger partial charge in [0.2, 0.25) is 0 Å². The number of phenolic OH excluding ortho intramolecular Hbond substituents is 1. The Labute approximate surface area is 106 Å². The maximum absolute atomic E-state index is 10.2. The van der Waals surface area contributed by atoms with Crippen LogP contribution in [0.3, 0.4) is 0 Å². The minimum absolute atomic E-state index is 0.278. The van der Waals surface area contributed by atoms with Crippen molar-refractivity contribution in [3.63, 3.8) is 0 Å². The summed E-state index contributed by atoms with van der Waals surface area (Å²) in [5.41, 5.74) is 2.60. The zero-order valence-electron chi connectivity index (χ0n) is 9.34. The number of rotatable bonds is 4. The van der Waals surface area contributed by atoms with Gasteiger partial charge in [0, 0.05) is 11.1 Å². The topological polar surface area (TPSA) is 29.5 Å². The molecule has 0 spiro atoms. The number of ether oxygens (including phenoxy) is 1. The van der Waals surface area contributed by atoms with E-state index < -0.39 is 0 Å². The van der Waals surface area contributed by atoms with E-state index in [4.69, 9.17) is 4.74 Å². The Bertz CT molecular complexity index is 483. The Hall–Kier alpha value is -1.45. The summed E-state index contributed by atoms with van der Waals surface area (Å²) in [6.45, 7) is 0.371. The highest BCUT2D eigenvalue weighted by molar-refractivity contribution is 7.80. The third-order valence-electron chi connectivity index (χ3n) is 2.55. The van der Waals surface area contributed by atoms with Crippen LogP contribution in [0.4, 0.5) is 0 Å².